The lowest BCUT2D eigenvalue weighted by molar-refractivity contribution is 0.180. The summed E-state index contributed by atoms with van der Waals surface area (Å²) in [5.41, 5.74) is 6.26. The molecule has 4 nitrogen and oxygen atoms in total. The van der Waals surface area contributed by atoms with Gasteiger partial charge in [0, 0.05) is 12.4 Å². The summed E-state index contributed by atoms with van der Waals surface area (Å²) < 4.78 is 0. The van der Waals surface area contributed by atoms with E-state index in [-0.39, 0.29) is 0 Å². The predicted octanol–water partition coefficient (Wildman–Crippen LogP) is -0.265. The zero-order valence-electron chi connectivity index (χ0n) is 5.65. The Hall–Kier alpha value is -1.00. The first-order valence-corrected chi connectivity index (χ1v) is 2.93. The molecule has 0 aliphatic heterocycles. The molecule has 0 radical (unpaired) electrons. The summed E-state index contributed by atoms with van der Waals surface area (Å²) in [5, 5.41) is 8.88. The van der Waals surface area contributed by atoms with E-state index in [2.05, 4.69) is 9.97 Å². The fraction of sp³-hybridized carbons (Fsp3) is 0.333. The number of nitrogens with two attached hydrogens (primary N) is 1. The number of hydrogen-bond donors (Lipinski definition) is 2. The van der Waals surface area contributed by atoms with E-state index >= 15 is 0 Å². The van der Waals surface area contributed by atoms with Crippen LogP contribution in [0.2, 0.25) is 0 Å². The zero-order chi connectivity index (χ0) is 7.56. The zero-order valence-corrected chi connectivity index (χ0v) is 5.65. The van der Waals surface area contributed by atoms with Crippen LogP contribution < -0.4 is 5.73 Å². The normalized spacial score (nSPS) is 13.1. The van der Waals surface area contributed by atoms with E-state index in [1.807, 2.05) is 0 Å². The first-order valence-electron chi connectivity index (χ1n) is 2.93. The number of aliphatic hydroxyl groups is 1. The molecule has 1 atom stereocenters. The topological polar surface area (TPSA) is 72.0 Å². The number of aromatic nitrogens is 2. The first kappa shape index (κ1) is 7.11. The molecule has 54 valence electrons. The maximum atomic E-state index is 8.88. The molecule has 0 aliphatic rings. The van der Waals surface area contributed by atoms with Crippen LogP contribution in [0.1, 0.15) is 17.6 Å². The number of aryl methyl sites for hydroxylation is 1. The Morgan fingerprint density at radius 3 is 2.50 bits per heavy atom. The Kier molecular flexibility index (Phi) is 1.94. The summed E-state index contributed by atoms with van der Waals surface area (Å²) in [4.78, 5) is 7.74. The van der Waals surface area contributed by atoms with Crippen LogP contribution in [-0.2, 0) is 0 Å². The molecule has 1 aromatic heterocycles. The van der Waals surface area contributed by atoms with Gasteiger partial charge in [-0.25, -0.2) is 0 Å². The highest BCUT2D eigenvalue weighted by Gasteiger charge is 2.05. The number of aliphatic hydroxyl groups excluding tert-OH is 1. The van der Waals surface area contributed by atoms with Crippen molar-refractivity contribution in [2.75, 3.05) is 0 Å². The van der Waals surface area contributed by atoms with Gasteiger partial charge < -0.3 is 10.8 Å². The van der Waals surface area contributed by atoms with Crippen LogP contribution in [0.4, 0.5) is 0 Å². The highest BCUT2D eigenvalue weighted by molar-refractivity contribution is 5.09. The molecular formula is C6H9N3O. The molecule has 0 spiro atoms. The maximum Gasteiger partial charge on any atom is 0.147 e. The summed E-state index contributed by atoms with van der Waals surface area (Å²) in [6.45, 7) is 1.75. The first-order chi connectivity index (χ1) is 4.72. The molecule has 1 rings (SSSR count). The van der Waals surface area contributed by atoms with E-state index < -0.39 is 6.23 Å². The van der Waals surface area contributed by atoms with Gasteiger partial charge >= 0.3 is 0 Å². The molecule has 3 N–H and O–H groups in total. The van der Waals surface area contributed by atoms with Gasteiger partial charge in [-0.15, -0.1) is 0 Å². The number of hydrogen-bond acceptors (Lipinski definition) is 4. The van der Waals surface area contributed by atoms with Crippen molar-refractivity contribution in [2.24, 2.45) is 5.73 Å². The van der Waals surface area contributed by atoms with Gasteiger partial charge in [0.15, 0.2) is 0 Å². The van der Waals surface area contributed by atoms with Crippen LogP contribution in [0.5, 0.6) is 0 Å². The van der Waals surface area contributed by atoms with Gasteiger partial charge in [-0.2, -0.15) is 0 Å². The second-order valence-corrected chi connectivity index (χ2v) is 1.97. The molecule has 0 aliphatic carbocycles. The molecule has 0 aromatic carbocycles. The van der Waals surface area contributed by atoms with Crippen molar-refractivity contribution in [1.82, 2.24) is 9.97 Å². The second kappa shape index (κ2) is 2.72. The Morgan fingerprint density at radius 1 is 1.50 bits per heavy atom. The average Bonchev–Trinajstić information content (AvgIpc) is 1.88. The van der Waals surface area contributed by atoms with Crippen LogP contribution in [0.15, 0.2) is 12.4 Å². The molecule has 10 heavy (non-hydrogen) atoms. The Labute approximate surface area is 58.7 Å². The van der Waals surface area contributed by atoms with Crippen LogP contribution in [0, 0.1) is 6.92 Å². The maximum absolute atomic E-state index is 8.88. The molecular weight excluding hydrogens is 130 g/mol. The minimum Gasteiger partial charge on any atom is -0.373 e. The minimum absolute atomic E-state index is 0.433. The van der Waals surface area contributed by atoms with Crippen LogP contribution in [0.25, 0.3) is 0 Å². The van der Waals surface area contributed by atoms with E-state index in [9.17, 15) is 0 Å². The van der Waals surface area contributed by atoms with Gasteiger partial charge in [-0.05, 0) is 6.92 Å². The number of rotatable bonds is 1. The fourth-order valence-corrected chi connectivity index (χ4v) is 0.709. The largest absolute Gasteiger partial charge is 0.373 e. The van der Waals surface area contributed by atoms with Gasteiger partial charge in [-0.1, -0.05) is 0 Å². The van der Waals surface area contributed by atoms with Gasteiger partial charge in [0.2, 0.25) is 0 Å². The lowest BCUT2D eigenvalue weighted by Gasteiger charge is -2.04. The molecule has 0 saturated heterocycles. The van der Waals surface area contributed by atoms with E-state index in [4.69, 9.17) is 10.8 Å². The standard InChI is InChI=1S/C6H9N3O/c1-4-5(6(7)10)9-3-2-8-4/h2-3,6,10H,7H2,1H3. The summed E-state index contributed by atoms with van der Waals surface area (Å²) in [5.74, 6) is 0. The van der Waals surface area contributed by atoms with Crippen molar-refractivity contribution in [1.29, 1.82) is 0 Å². The fourth-order valence-electron chi connectivity index (χ4n) is 0.709. The molecule has 1 heterocycles. The minimum atomic E-state index is -1.02. The summed E-state index contributed by atoms with van der Waals surface area (Å²) in [6, 6.07) is 0. The third kappa shape index (κ3) is 1.29. The lowest BCUT2D eigenvalue weighted by atomic mass is 10.3. The predicted molar refractivity (Wildman–Crippen MR) is 35.9 cm³/mol. The third-order valence-electron chi connectivity index (χ3n) is 1.20. The molecule has 1 unspecified atom stereocenters. The van der Waals surface area contributed by atoms with E-state index in [0.717, 1.165) is 0 Å². The number of nitrogens with zero attached hydrogens (tertiary/aromatic N) is 2. The molecule has 1 aromatic rings. The Morgan fingerprint density at radius 2 is 2.10 bits per heavy atom. The molecule has 4 heteroatoms. The van der Waals surface area contributed by atoms with Gasteiger partial charge in [0.25, 0.3) is 0 Å². The van der Waals surface area contributed by atoms with Crippen LogP contribution in [-0.4, -0.2) is 15.1 Å². The highest BCUT2D eigenvalue weighted by Crippen LogP contribution is 2.04. The van der Waals surface area contributed by atoms with E-state index in [1.54, 1.807) is 13.1 Å². The summed E-state index contributed by atoms with van der Waals surface area (Å²) in [7, 11) is 0. The Balaban J connectivity index is 3.03. The van der Waals surface area contributed by atoms with Gasteiger partial charge in [-0.3, -0.25) is 9.97 Å². The van der Waals surface area contributed by atoms with E-state index in [0.29, 0.717) is 11.4 Å². The van der Waals surface area contributed by atoms with Crippen LogP contribution >= 0.6 is 0 Å². The molecule has 0 saturated carbocycles. The second-order valence-electron chi connectivity index (χ2n) is 1.97. The van der Waals surface area contributed by atoms with Crippen molar-refractivity contribution < 1.29 is 5.11 Å². The van der Waals surface area contributed by atoms with Crippen molar-refractivity contribution >= 4 is 0 Å². The highest BCUT2D eigenvalue weighted by atomic mass is 16.3. The molecule has 0 amide bonds. The van der Waals surface area contributed by atoms with Crippen molar-refractivity contribution in [3.63, 3.8) is 0 Å². The molecule has 0 bridgehead atoms. The van der Waals surface area contributed by atoms with Crippen molar-refractivity contribution in [3.05, 3.63) is 23.8 Å². The molecule has 0 fully saturated rings. The van der Waals surface area contributed by atoms with Crippen molar-refractivity contribution in [3.8, 4) is 0 Å². The summed E-state index contributed by atoms with van der Waals surface area (Å²) >= 11 is 0. The summed E-state index contributed by atoms with van der Waals surface area (Å²) in [6.07, 6.45) is 2.04. The monoisotopic (exact) mass is 139 g/mol. The van der Waals surface area contributed by atoms with Gasteiger partial charge in [0.1, 0.15) is 11.9 Å². The smallest absolute Gasteiger partial charge is 0.147 e. The Bertz CT molecular complexity index is 224. The SMILES string of the molecule is Cc1nccnc1C(N)O. The average molecular weight is 139 g/mol. The quantitative estimate of drug-likeness (QED) is 0.525. The third-order valence-corrected chi connectivity index (χ3v) is 1.20. The van der Waals surface area contributed by atoms with Crippen LogP contribution in [0.3, 0.4) is 0 Å². The lowest BCUT2D eigenvalue weighted by Crippen LogP contribution is -2.12. The van der Waals surface area contributed by atoms with E-state index in [1.165, 1.54) is 6.20 Å². The van der Waals surface area contributed by atoms with Crippen molar-refractivity contribution in [2.45, 2.75) is 13.2 Å². The van der Waals surface area contributed by atoms with Gasteiger partial charge in [0.05, 0.1) is 5.69 Å².